The minimum Gasteiger partial charge on any atom is -0.352 e. The third-order valence-electron chi connectivity index (χ3n) is 2.27. The quantitative estimate of drug-likeness (QED) is 0.860. The van der Waals surface area contributed by atoms with Gasteiger partial charge in [0.1, 0.15) is 0 Å². The van der Waals surface area contributed by atoms with Crippen LogP contribution in [0.1, 0.15) is 32.5 Å². The number of aromatic nitrogens is 2. The Balaban J connectivity index is 2.76. The van der Waals surface area contributed by atoms with Crippen molar-refractivity contribution in [2.24, 2.45) is 0 Å². The molecule has 0 bridgehead atoms. The molecule has 2 unspecified atom stereocenters. The van der Waals surface area contributed by atoms with Crippen molar-refractivity contribution < 1.29 is 4.21 Å². The van der Waals surface area contributed by atoms with Crippen LogP contribution < -0.4 is 5.32 Å². The molecule has 0 saturated carbocycles. The summed E-state index contributed by atoms with van der Waals surface area (Å²) in [6.45, 7) is 8.24. The highest BCUT2D eigenvalue weighted by atomic mass is 32.2. The Kier molecular flexibility index (Phi) is 4.53. The van der Waals surface area contributed by atoms with Crippen LogP contribution in [0.4, 0.5) is 5.95 Å². The zero-order valence-electron chi connectivity index (χ0n) is 10.7. The lowest BCUT2D eigenvalue weighted by atomic mass is 10.4. The highest BCUT2D eigenvalue weighted by Gasteiger charge is 2.11. The molecule has 0 amide bonds. The second-order valence-electron chi connectivity index (χ2n) is 4.49. The van der Waals surface area contributed by atoms with Crippen LogP contribution in [0.5, 0.6) is 0 Å². The van der Waals surface area contributed by atoms with Gasteiger partial charge in [-0.05, 0) is 27.7 Å². The van der Waals surface area contributed by atoms with E-state index in [0.717, 1.165) is 11.6 Å². The summed E-state index contributed by atoms with van der Waals surface area (Å²) < 4.78 is 13.2. The number of hydrogen-bond donors (Lipinski definition) is 1. The molecule has 0 aliphatic rings. The van der Waals surface area contributed by atoms with Crippen LogP contribution in [-0.4, -0.2) is 31.8 Å². The van der Waals surface area contributed by atoms with Gasteiger partial charge in [-0.1, -0.05) is 0 Å². The van der Waals surface area contributed by atoms with E-state index in [2.05, 4.69) is 28.7 Å². The van der Waals surface area contributed by atoms with Gasteiger partial charge in [-0.15, -0.1) is 0 Å². The Morgan fingerprint density at radius 2 is 2.12 bits per heavy atom. The van der Waals surface area contributed by atoms with E-state index in [9.17, 15) is 4.21 Å². The summed E-state index contributed by atoms with van der Waals surface area (Å²) in [7, 11) is -0.779. The van der Waals surface area contributed by atoms with Gasteiger partial charge in [-0.3, -0.25) is 4.21 Å². The van der Waals surface area contributed by atoms with Crippen molar-refractivity contribution in [2.75, 3.05) is 17.3 Å². The summed E-state index contributed by atoms with van der Waals surface area (Å²) in [6.07, 6.45) is 3.75. The number of nitrogens with one attached hydrogen (secondary N) is 1. The van der Waals surface area contributed by atoms with Crippen LogP contribution in [0.2, 0.25) is 0 Å². The lowest BCUT2D eigenvalue weighted by molar-refractivity contribution is 0.601. The molecule has 2 atom stereocenters. The van der Waals surface area contributed by atoms with Gasteiger partial charge < -0.3 is 9.88 Å². The molecule has 1 heterocycles. The molecule has 0 aromatic carbocycles. The minimum absolute atomic E-state index is 0.171. The number of aryl methyl sites for hydroxylation is 1. The van der Waals surface area contributed by atoms with Crippen molar-refractivity contribution in [3.8, 4) is 0 Å². The van der Waals surface area contributed by atoms with Crippen LogP contribution in [0, 0.1) is 6.92 Å². The first-order chi connectivity index (χ1) is 7.40. The SMILES string of the molecule is Cc1cn(C(C)C)c(NC(C)CS(C)=O)n1. The van der Waals surface area contributed by atoms with E-state index in [-0.39, 0.29) is 6.04 Å². The van der Waals surface area contributed by atoms with E-state index in [1.54, 1.807) is 6.26 Å². The maximum Gasteiger partial charge on any atom is 0.203 e. The van der Waals surface area contributed by atoms with Crippen LogP contribution >= 0.6 is 0 Å². The van der Waals surface area contributed by atoms with Crippen molar-refractivity contribution in [1.29, 1.82) is 0 Å². The van der Waals surface area contributed by atoms with E-state index in [4.69, 9.17) is 0 Å². The summed E-state index contributed by atoms with van der Waals surface area (Å²) >= 11 is 0. The van der Waals surface area contributed by atoms with Crippen LogP contribution in [0.3, 0.4) is 0 Å². The van der Waals surface area contributed by atoms with Crippen molar-refractivity contribution in [2.45, 2.75) is 39.8 Å². The highest BCUT2D eigenvalue weighted by molar-refractivity contribution is 7.84. The Morgan fingerprint density at radius 1 is 1.50 bits per heavy atom. The van der Waals surface area contributed by atoms with Crippen LogP contribution in [0.15, 0.2) is 6.20 Å². The molecule has 92 valence electrons. The zero-order valence-corrected chi connectivity index (χ0v) is 11.5. The average molecular weight is 243 g/mol. The van der Waals surface area contributed by atoms with E-state index in [0.29, 0.717) is 11.8 Å². The third-order valence-corrected chi connectivity index (χ3v) is 3.24. The fourth-order valence-corrected chi connectivity index (χ4v) is 2.42. The lowest BCUT2D eigenvalue weighted by Gasteiger charge is -2.16. The Bertz CT molecular complexity index is 373. The summed E-state index contributed by atoms with van der Waals surface area (Å²) in [5.74, 6) is 1.51. The predicted molar refractivity (Wildman–Crippen MR) is 69.4 cm³/mol. The first-order valence-electron chi connectivity index (χ1n) is 5.52. The molecule has 4 nitrogen and oxygen atoms in total. The molecular weight excluding hydrogens is 222 g/mol. The van der Waals surface area contributed by atoms with Crippen LogP contribution in [0.25, 0.3) is 0 Å². The predicted octanol–water partition coefficient (Wildman–Crippen LogP) is 1.95. The summed E-state index contributed by atoms with van der Waals surface area (Å²) in [4.78, 5) is 4.43. The Hall–Kier alpha value is -0.840. The number of nitrogens with zero attached hydrogens (tertiary/aromatic N) is 2. The Labute approximate surface area is 99.9 Å². The molecule has 16 heavy (non-hydrogen) atoms. The third kappa shape index (κ3) is 3.63. The maximum absolute atomic E-state index is 11.1. The topological polar surface area (TPSA) is 46.9 Å². The van der Waals surface area contributed by atoms with Gasteiger partial charge in [-0.2, -0.15) is 0 Å². The molecule has 1 aromatic heterocycles. The number of anilines is 1. The fraction of sp³-hybridized carbons (Fsp3) is 0.727. The zero-order chi connectivity index (χ0) is 12.3. The molecular formula is C11H21N3OS. The second-order valence-corrected chi connectivity index (χ2v) is 5.97. The van der Waals surface area contributed by atoms with E-state index < -0.39 is 10.8 Å². The summed E-state index contributed by atoms with van der Waals surface area (Å²) in [5.41, 5.74) is 1.00. The largest absolute Gasteiger partial charge is 0.352 e. The molecule has 0 radical (unpaired) electrons. The number of imidazole rings is 1. The van der Waals surface area contributed by atoms with Crippen molar-refractivity contribution in [1.82, 2.24) is 9.55 Å². The fourth-order valence-electron chi connectivity index (χ4n) is 1.63. The highest BCUT2D eigenvalue weighted by Crippen LogP contribution is 2.16. The van der Waals surface area contributed by atoms with Gasteiger partial charge in [0.05, 0.1) is 5.69 Å². The van der Waals surface area contributed by atoms with Gasteiger partial charge in [0.2, 0.25) is 5.95 Å². The van der Waals surface area contributed by atoms with E-state index in [1.165, 1.54) is 0 Å². The molecule has 0 fully saturated rings. The molecule has 5 heteroatoms. The summed E-state index contributed by atoms with van der Waals surface area (Å²) in [6, 6.07) is 0.549. The molecule has 1 N–H and O–H groups in total. The first kappa shape index (κ1) is 13.2. The summed E-state index contributed by atoms with van der Waals surface area (Å²) in [5, 5.41) is 3.30. The molecule has 0 aliphatic heterocycles. The monoisotopic (exact) mass is 243 g/mol. The van der Waals surface area contributed by atoms with Crippen molar-refractivity contribution in [3.05, 3.63) is 11.9 Å². The van der Waals surface area contributed by atoms with Crippen molar-refractivity contribution >= 4 is 16.7 Å². The van der Waals surface area contributed by atoms with Gasteiger partial charge >= 0.3 is 0 Å². The normalized spacial score (nSPS) is 15.1. The second kappa shape index (κ2) is 5.48. The molecule has 0 aliphatic carbocycles. The van der Waals surface area contributed by atoms with E-state index >= 15 is 0 Å². The Morgan fingerprint density at radius 3 is 2.62 bits per heavy atom. The van der Waals surface area contributed by atoms with Gasteiger partial charge in [0, 0.05) is 41.1 Å². The van der Waals surface area contributed by atoms with Crippen LogP contribution in [-0.2, 0) is 10.8 Å². The standard InChI is InChI=1S/C11H21N3OS/c1-8(2)14-6-9(3)12-11(14)13-10(4)7-16(5)15/h6,8,10H,7H2,1-5H3,(H,12,13). The first-order valence-corrected chi connectivity index (χ1v) is 7.25. The maximum atomic E-state index is 11.1. The van der Waals surface area contributed by atoms with E-state index in [1.807, 2.05) is 20.0 Å². The average Bonchev–Trinajstić information content (AvgIpc) is 2.44. The number of rotatable bonds is 5. The molecule has 0 saturated heterocycles. The molecule has 1 aromatic rings. The minimum atomic E-state index is -0.779. The van der Waals surface area contributed by atoms with Gasteiger partial charge in [0.15, 0.2) is 0 Å². The van der Waals surface area contributed by atoms with Gasteiger partial charge in [-0.25, -0.2) is 4.98 Å². The van der Waals surface area contributed by atoms with Gasteiger partial charge in [0.25, 0.3) is 0 Å². The smallest absolute Gasteiger partial charge is 0.203 e. The molecule has 0 spiro atoms. The lowest BCUT2D eigenvalue weighted by Crippen LogP contribution is -2.24. The number of hydrogen-bond acceptors (Lipinski definition) is 3. The van der Waals surface area contributed by atoms with Crippen molar-refractivity contribution in [3.63, 3.8) is 0 Å². The molecule has 1 rings (SSSR count).